The van der Waals surface area contributed by atoms with E-state index in [4.69, 9.17) is 14.7 Å². The first-order chi connectivity index (χ1) is 21.3. The molecule has 0 radical (unpaired) electrons. The van der Waals surface area contributed by atoms with Crippen LogP contribution in [0.2, 0.25) is 0 Å². The Morgan fingerprint density at radius 1 is 1.07 bits per heavy atom. The van der Waals surface area contributed by atoms with Crippen LogP contribution in [0.5, 0.6) is 11.8 Å². The number of halogens is 2. The van der Waals surface area contributed by atoms with E-state index in [-0.39, 0.29) is 29.4 Å². The zero-order chi connectivity index (χ0) is 30.2. The maximum absolute atomic E-state index is 17.2. The Hall–Kier alpha value is -3.76. The minimum Gasteiger partial charge on any atom is -0.508 e. The number of aromatic nitrogens is 2. The molecule has 230 valence electrons. The van der Waals surface area contributed by atoms with Crippen LogP contribution in [0.4, 0.5) is 20.3 Å². The standard InChI is InChI=1S/C34H38F2N6O2/c1-40(2)28-14-27-31(30(36)29(28)26-13-24(43)12-20-6-3-4-7-25(20)26)38-33(39-32(27)41-17-22-8-9-23(18-41)37-22)44-19-34-10-5-11-42(34)16-21(35)15-34/h3-4,6-7,12-14,21-23,37,43H,5,8-11,15-19H2,1-2H3/t21-,22-,23+,34+/m1/s1. The molecule has 0 amide bonds. The SMILES string of the molecule is CN(C)c1cc2c(N3C[C@H]4CC[C@@H](C3)N4)nc(OC[C@@]34CCCN3C[C@H](F)C4)nc2c(F)c1-c1cc(O)cc2ccccc12. The lowest BCUT2D eigenvalue weighted by Gasteiger charge is -2.35. The maximum Gasteiger partial charge on any atom is 0.319 e. The number of anilines is 2. The third-order valence-corrected chi connectivity index (χ3v) is 10.2. The van der Waals surface area contributed by atoms with Gasteiger partial charge < -0.3 is 25.0 Å². The number of alkyl halides is 1. The van der Waals surface area contributed by atoms with Gasteiger partial charge in [0.2, 0.25) is 0 Å². The quantitative estimate of drug-likeness (QED) is 0.311. The van der Waals surface area contributed by atoms with Gasteiger partial charge in [0, 0.05) is 68.9 Å². The van der Waals surface area contributed by atoms with Crippen molar-refractivity contribution in [2.75, 3.05) is 56.7 Å². The van der Waals surface area contributed by atoms with E-state index >= 15 is 4.39 Å². The molecular weight excluding hydrogens is 562 g/mol. The van der Waals surface area contributed by atoms with Crippen molar-refractivity contribution in [1.29, 1.82) is 0 Å². The Kier molecular flexibility index (Phi) is 6.57. The first-order valence-electron chi connectivity index (χ1n) is 15.7. The molecule has 10 heteroatoms. The minimum absolute atomic E-state index is 0.0645. The van der Waals surface area contributed by atoms with Crippen LogP contribution in [-0.4, -0.2) is 90.6 Å². The highest BCUT2D eigenvalue weighted by Crippen LogP contribution is 2.45. The summed E-state index contributed by atoms with van der Waals surface area (Å²) in [7, 11) is 3.79. The number of nitrogens with one attached hydrogen (secondary N) is 1. The van der Waals surface area contributed by atoms with E-state index in [9.17, 15) is 9.50 Å². The summed E-state index contributed by atoms with van der Waals surface area (Å²) in [6.07, 6.45) is 3.63. The summed E-state index contributed by atoms with van der Waals surface area (Å²) in [4.78, 5) is 16.0. The molecule has 0 aliphatic carbocycles. The Morgan fingerprint density at radius 3 is 2.66 bits per heavy atom. The molecule has 4 fully saturated rings. The molecule has 0 unspecified atom stereocenters. The highest BCUT2D eigenvalue weighted by atomic mass is 19.1. The van der Waals surface area contributed by atoms with Gasteiger partial charge in [-0.25, -0.2) is 8.78 Å². The zero-order valence-corrected chi connectivity index (χ0v) is 25.2. The van der Waals surface area contributed by atoms with Crippen molar-refractivity contribution in [3.8, 4) is 22.9 Å². The highest BCUT2D eigenvalue weighted by molar-refractivity contribution is 6.05. The summed E-state index contributed by atoms with van der Waals surface area (Å²) in [6.45, 7) is 3.09. The van der Waals surface area contributed by atoms with Gasteiger partial charge in [-0.15, -0.1) is 0 Å². The van der Waals surface area contributed by atoms with Crippen molar-refractivity contribution >= 4 is 33.2 Å². The fraction of sp³-hybridized carbons (Fsp3) is 0.471. The van der Waals surface area contributed by atoms with E-state index in [1.54, 1.807) is 12.1 Å². The highest BCUT2D eigenvalue weighted by Gasteiger charge is 2.49. The molecule has 4 aromatic rings. The molecule has 2 N–H and O–H groups in total. The van der Waals surface area contributed by atoms with Crippen LogP contribution in [0, 0.1) is 5.82 Å². The van der Waals surface area contributed by atoms with Gasteiger partial charge in [-0.05, 0) is 66.8 Å². The van der Waals surface area contributed by atoms with Crippen LogP contribution in [0.15, 0.2) is 42.5 Å². The van der Waals surface area contributed by atoms with Gasteiger partial charge >= 0.3 is 6.01 Å². The van der Waals surface area contributed by atoms with Crippen molar-refractivity contribution in [3.63, 3.8) is 0 Å². The number of fused-ring (bicyclic) bond motifs is 5. The molecule has 5 heterocycles. The van der Waals surface area contributed by atoms with E-state index < -0.39 is 12.0 Å². The van der Waals surface area contributed by atoms with Crippen LogP contribution < -0.4 is 19.9 Å². The fourth-order valence-electron chi connectivity index (χ4n) is 8.21. The second kappa shape index (κ2) is 10.4. The summed E-state index contributed by atoms with van der Waals surface area (Å²) in [5.41, 5.74) is 1.43. The summed E-state index contributed by atoms with van der Waals surface area (Å²) in [5.74, 6) is 0.238. The van der Waals surface area contributed by atoms with Gasteiger partial charge in [-0.2, -0.15) is 9.97 Å². The van der Waals surface area contributed by atoms with Crippen LogP contribution in [0.1, 0.15) is 32.1 Å². The van der Waals surface area contributed by atoms with E-state index in [1.165, 1.54) is 0 Å². The van der Waals surface area contributed by atoms with Crippen LogP contribution >= 0.6 is 0 Å². The maximum atomic E-state index is 17.2. The van der Waals surface area contributed by atoms with E-state index in [1.807, 2.05) is 49.3 Å². The molecule has 2 bridgehead atoms. The topological polar surface area (TPSA) is 77.0 Å². The number of piperazine rings is 1. The average molecular weight is 601 g/mol. The number of hydrogen-bond acceptors (Lipinski definition) is 8. The molecule has 0 saturated carbocycles. The molecule has 1 aromatic heterocycles. The van der Waals surface area contributed by atoms with Crippen molar-refractivity contribution in [3.05, 3.63) is 48.3 Å². The lowest BCUT2D eigenvalue weighted by Crippen LogP contribution is -2.51. The van der Waals surface area contributed by atoms with Gasteiger partial charge in [0.1, 0.15) is 29.9 Å². The Labute approximate surface area is 255 Å². The number of phenolic OH excluding ortho intramolecular Hbond substituents is 1. The molecule has 4 aliphatic rings. The van der Waals surface area contributed by atoms with Gasteiger partial charge in [0.25, 0.3) is 0 Å². The van der Waals surface area contributed by atoms with Gasteiger partial charge in [0.15, 0.2) is 5.82 Å². The molecule has 4 atom stereocenters. The molecule has 8 rings (SSSR count). The summed E-state index contributed by atoms with van der Waals surface area (Å²) in [5, 5.41) is 16.6. The number of nitrogens with zero attached hydrogens (tertiary/aromatic N) is 5. The van der Waals surface area contributed by atoms with Crippen LogP contribution in [0.3, 0.4) is 0 Å². The van der Waals surface area contributed by atoms with Gasteiger partial charge in [-0.1, -0.05) is 24.3 Å². The fourth-order valence-corrected chi connectivity index (χ4v) is 8.21. The Balaban J connectivity index is 1.31. The molecule has 44 heavy (non-hydrogen) atoms. The zero-order valence-electron chi connectivity index (χ0n) is 25.2. The van der Waals surface area contributed by atoms with Crippen molar-refractivity contribution in [2.24, 2.45) is 0 Å². The van der Waals surface area contributed by atoms with Crippen LogP contribution in [0.25, 0.3) is 32.8 Å². The molecule has 4 aliphatic heterocycles. The predicted molar refractivity (Wildman–Crippen MR) is 169 cm³/mol. The van der Waals surface area contributed by atoms with Gasteiger partial charge in [0.05, 0.1) is 5.54 Å². The number of ether oxygens (including phenoxy) is 1. The second-order valence-electron chi connectivity index (χ2n) is 13.3. The summed E-state index contributed by atoms with van der Waals surface area (Å²) >= 11 is 0. The first-order valence-corrected chi connectivity index (χ1v) is 15.7. The molecule has 8 nitrogen and oxygen atoms in total. The second-order valence-corrected chi connectivity index (χ2v) is 13.3. The molecule has 4 saturated heterocycles. The van der Waals surface area contributed by atoms with Crippen molar-refractivity contribution in [1.82, 2.24) is 20.2 Å². The van der Waals surface area contributed by atoms with Crippen LogP contribution in [-0.2, 0) is 0 Å². The minimum atomic E-state index is -0.870. The van der Waals surface area contributed by atoms with Crippen molar-refractivity contribution < 1.29 is 18.6 Å². The Morgan fingerprint density at radius 2 is 1.86 bits per heavy atom. The number of benzene rings is 3. The largest absolute Gasteiger partial charge is 0.508 e. The number of rotatable bonds is 6. The van der Waals surface area contributed by atoms with E-state index in [2.05, 4.69) is 15.1 Å². The third kappa shape index (κ3) is 4.53. The lowest BCUT2D eigenvalue weighted by molar-refractivity contribution is 0.107. The lowest BCUT2D eigenvalue weighted by atomic mass is 9.94. The molecular formula is C34H38F2N6O2. The average Bonchev–Trinajstić information content (AvgIpc) is 3.65. The monoisotopic (exact) mass is 600 g/mol. The number of phenols is 1. The summed E-state index contributed by atoms with van der Waals surface area (Å²) < 4.78 is 38.0. The molecule has 0 spiro atoms. The van der Waals surface area contributed by atoms with E-state index in [0.717, 1.165) is 56.1 Å². The van der Waals surface area contributed by atoms with Gasteiger partial charge in [-0.3, -0.25) is 4.90 Å². The number of aromatic hydroxyl groups is 1. The van der Waals surface area contributed by atoms with Crippen molar-refractivity contribution in [2.45, 2.75) is 55.9 Å². The predicted octanol–water partition coefficient (Wildman–Crippen LogP) is 5.26. The third-order valence-electron chi connectivity index (χ3n) is 10.2. The normalized spacial score (nSPS) is 26.5. The molecule has 3 aromatic carbocycles. The number of hydrogen-bond donors (Lipinski definition) is 2. The first kappa shape index (κ1) is 27.8. The van der Waals surface area contributed by atoms with E-state index in [0.29, 0.717) is 53.1 Å². The smallest absolute Gasteiger partial charge is 0.319 e. The Bertz CT molecular complexity index is 1760. The summed E-state index contributed by atoms with van der Waals surface area (Å²) in [6, 6.07) is 13.8.